The number of halogens is 2. The summed E-state index contributed by atoms with van der Waals surface area (Å²) in [5.74, 6) is -0.294. The Hall–Kier alpha value is -1.21. The van der Waals surface area contributed by atoms with Gasteiger partial charge in [-0.15, -0.1) is 0 Å². The minimum atomic E-state index is -1.36. The van der Waals surface area contributed by atoms with E-state index >= 15 is 0 Å². The molecule has 2 rings (SSSR count). The van der Waals surface area contributed by atoms with Crippen LogP contribution < -0.4 is 5.32 Å². The zero-order valence-electron chi connectivity index (χ0n) is 16.1. The van der Waals surface area contributed by atoms with E-state index in [4.69, 9.17) is 0 Å². The summed E-state index contributed by atoms with van der Waals surface area (Å²) in [5.41, 5.74) is 2.71. The Labute approximate surface area is 172 Å². The van der Waals surface area contributed by atoms with Crippen LogP contribution in [0.2, 0.25) is 0 Å². The normalized spacial score (nSPS) is 14.9. The number of hydrogen-bond donors (Lipinski definition) is 1. The molecule has 6 heteroatoms. The first-order valence-electron chi connectivity index (χ1n) is 8.91. The highest BCUT2D eigenvalue weighted by atomic mass is 79.9. The maximum Gasteiger partial charge on any atom is 0.144 e. The van der Waals surface area contributed by atoms with E-state index in [2.05, 4.69) is 44.7 Å². The van der Waals surface area contributed by atoms with Crippen molar-refractivity contribution in [3.63, 3.8) is 0 Å². The minimum absolute atomic E-state index is 0.181. The zero-order valence-corrected chi connectivity index (χ0v) is 18.5. The summed E-state index contributed by atoms with van der Waals surface area (Å²) in [6.45, 7) is 8.45. The zero-order chi connectivity index (χ0) is 20.0. The number of hydrogen-bond acceptors (Lipinski definition) is 3. The molecule has 0 aliphatic carbocycles. The lowest BCUT2D eigenvalue weighted by molar-refractivity contribution is 0.561. The van der Waals surface area contributed by atoms with Crippen molar-refractivity contribution in [2.24, 2.45) is 4.40 Å². The molecule has 1 unspecified atom stereocenters. The van der Waals surface area contributed by atoms with Crippen LogP contribution in [0.4, 0.5) is 4.39 Å². The van der Waals surface area contributed by atoms with Crippen LogP contribution in [0.5, 0.6) is 0 Å². The number of nitrogens with one attached hydrogen (secondary N) is 1. The Bertz CT molecular complexity index is 757. The van der Waals surface area contributed by atoms with Gasteiger partial charge in [0, 0.05) is 29.0 Å². The highest BCUT2D eigenvalue weighted by Crippen LogP contribution is 2.20. The van der Waals surface area contributed by atoms with Crippen LogP contribution in [0.3, 0.4) is 0 Å². The maximum atomic E-state index is 13.3. The standard InChI is InChI=1S/C21H26BrFN2OS/c1-15(16-5-9-18(22)10-6-16)24-14-13-20(25-27(26)21(2,3)4)17-7-11-19(23)12-8-17/h5-12,15,24H,13-14H2,1-4H3/b25-20-/t15-,27?/m0/s1. The SMILES string of the molecule is C[C@H](NCC/C(=N/[S+]([O-])C(C)(C)C)c1ccc(F)cc1)c1ccc(Br)cc1. The molecule has 2 atom stereocenters. The molecule has 0 saturated carbocycles. The molecule has 2 aromatic rings. The van der Waals surface area contributed by atoms with Gasteiger partial charge in [-0.2, -0.15) is 0 Å². The fourth-order valence-corrected chi connectivity index (χ4v) is 3.33. The topological polar surface area (TPSA) is 47.5 Å². The lowest BCUT2D eigenvalue weighted by Crippen LogP contribution is -2.28. The third-order valence-electron chi connectivity index (χ3n) is 4.08. The molecular formula is C21H26BrFN2OS. The van der Waals surface area contributed by atoms with E-state index in [1.54, 1.807) is 12.1 Å². The summed E-state index contributed by atoms with van der Waals surface area (Å²) < 4.78 is 30.8. The molecule has 0 aromatic heterocycles. The summed E-state index contributed by atoms with van der Waals surface area (Å²) in [4.78, 5) is 0. The van der Waals surface area contributed by atoms with Crippen LogP contribution >= 0.6 is 15.9 Å². The fourth-order valence-electron chi connectivity index (χ4n) is 2.40. The smallest absolute Gasteiger partial charge is 0.144 e. The van der Waals surface area contributed by atoms with Crippen LogP contribution in [0, 0.1) is 5.82 Å². The second kappa shape index (κ2) is 9.82. The van der Waals surface area contributed by atoms with Crippen molar-refractivity contribution >= 4 is 33.0 Å². The molecule has 27 heavy (non-hydrogen) atoms. The first kappa shape index (κ1) is 22.1. The number of benzene rings is 2. The molecule has 0 bridgehead atoms. The largest absolute Gasteiger partial charge is 0.591 e. The molecule has 0 radical (unpaired) electrons. The molecule has 146 valence electrons. The molecule has 0 aliphatic heterocycles. The Balaban J connectivity index is 2.08. The van der Waals surface area contributed by atoms with E-state index in [9.17, 15) is 8.94 Å². The Morgan fingerprint density at radius 3 is 2.30 bits per heavy atom. The van der Waals surface area contributed by atoms with Crippen molar-refractivity contribution in [1.29, 1.82) is 0 Å². The lowest BCUT2D eigenvalue weighted by Gasteiger charge is -2.20. The van der Waals surface area contributed by atoms with Crippen LogP contribution in [-0.4, -0.2) is 21.6 Å². The minimum Gasteiger partial charge on any atom is -0.591 e. The van der Waals surface area contributed by atoms with Gasteiger partial charge in [0.1, 0.15) is 21.9 Å². The van der Waals surface area contributed by atoms with E-state index in [0.29, 0.717) is 13.0 Å². The second-order valence-electron chi connectivity index (χ2n) is 7.38. The summed E-state index contributed by atoms with van der Waals surface area (Å²) in [6, 6.07) is 14.6. The molecule has 1 N–H and O–H groups in total. The molecule has 0 fully saturated rings. The summed E-state index contributed by atoms with van der Waals surface area (Å²) in [7, 11) is 0. The van der Waals surface area contributed by atoms with Crippen LogP contribution in [0.25, 0.3) is 0 Å². The Morgan fingerprint density at radius 1 is 1.15 bits per heavy atom. The quantitative estimate of drug-likeness (QED) is 0.440. The van der Waals surface area contributed by atoms with Gasteiger partial charge in [0.05, 0.1) is 5.71 Å². The lowest BCUT2D eigenvalue weighted by atomic mass is 10.1. The van der Waals surface area contributed by atoms with E-state index in [1.165, 1.54) is 17.7 Å². The van der Waals surface area contributed by atoms with E-state index in [0.717, 1.165) is 15.7 Å². The van der Waals surface area contributed by atoms with Gasteiger partial charge in [0.25, 0.3) is 0 Å². The van der Waals surface area contributed by atoms with Gasteiger partial charge in [-0.05, 0) is 57.5 Å². The van der Waals surface area contributed by atoms with Crippen molar-refractivity contribution in [3.8, 4) is 0 Å². The van der Waals surface area contributed by atoms with Gasteiger partial charge in [0.2, 0.25) is 0 Å². The van der Waals surface area contributed by atoms with Crippen LogP contribution in [0.1, 0.15) is 51.3 Å². The highest BCUT2D eigenvalue weighted by Gasteiger charge is 2.27. The summed E-state index contributed by atoms with van der Waals surface area (Å²) in [5, 5.41) is 3.47. The summed E-state index contributed by atoms with van der Waals surface area (Å²) >= 11 is 2.08. The Morgan fingerprint density at radius 2 is 1.74 bits per heavy atom. The number of rotatable bonds is 7. The van der Waals surface area contributed by atoms with Gasteiger partial charge >= 0.3 is 0 Å². The molecule has 0 saturated heterocycles. The third kappa shape index (κ3) is 7.03. The first-order chi connectivity index (χ1) is 12.7. The van der Waals surface area contributed by atoms with Gasteiger partial charge in [0.15, 0.2) is 0 Å². The molecule has 0 spiro atoms. The average Bonchev–Trinajstić information content (AvgIpc) is 2.61. The van der Waals surface area contributed by atoms with E-state index in [1.807, 2.05) is 32.9 Å². The average molecular weight is 453 g/mol. The van der Waals surface area contributed by atoms with Crippen LogP contribution in [0.15, 0.2) is 57.4 Å². The van der Waals surface area contributed by atoms with Gasteiger partial charge in [-0.3, -0.25) is 0 Å². The van der Waals surface area contributed by atoms with E-state index in [-0.39, 0.29) is 11.9 Å². The number of nitrogens with zero attached hydrogens (tertiary/aromatic N) is 1. The van der Waals surface area contributed by atoms with Crippen molar-refractivity contribution in [3.05, 3.63) is 69.9 Å². The van der Waals surface area contributed by atoms with Crippen molar-refractivity contribution in [2.45, 2.75) is 44.9 Å². The summed E-state index contributed by atoms with van der Waals surface area (Å²) in [6.07, 6.45) is 0.605. The van der Waals surface area contributed by atoms with Crippen molar-refractivity contribution in [1.82, 2.24) is 5.32 Å². The van der Waals surface area contributed by atoms with Gasteiger partial charge < -0.3 is 9.87 Å². The molecular weight excluding hydrogens is 427 g/mol. The molecule has 0 aliphatic rings. The molecule has 0 amide bonds. The predicted molar refractivity (Wildman–Crippen MR) is 116 cm³/mol. The molecule has 2 aromatic carbocycles. The fraction of sp³-hybridized carbons (Fsp3) is 0.381. The molecule has 0 heterocycles. The second-order valence-corrected chi connectivity index (χ2v) is 10.2. The van der Waals surface area contributed by atoms with E-state index < -0.39 is 16.1 Å². The molecule has 3 nitrogen and oxygen atoms in total. The van der Waals surface area contributed by atoms with Gasteiger partial charge in [-0.25, -0.2) is 4.39 Å². The van der Waals surface area contributed by atoms with Crippen LogP contribution in [-0.2, 0) is 11.4 Å². The predicted octanol–water partition coefficient (Wildman–Crippen LogP) is 5.58. The Kier molecular flexibility index (Phi) is 8.04. The van der Waals surface area contributed by atoms with Crippen molar-refractivity contribution in [2.75, 3.05) is 6.54 Å². The van der Waals surface area contributed by atoms with Gasteiger partial charge in [-0.1, -0.05) is 44.6 Å². The highest BCUT2D eigenvalue weighted by molar-refractivity contribution is 9.10. The monoisotopic (exact) mass is 452 g/mol. The third-order valence-corrected chi connectivity index (χ3v) is 6.04. The van der Waals surface area contributed by atoms with Crippen molar-refractivity contribution < 1.29 is 8.94 Å². The first-order valence-corrected chi connectivity index (χ1v) is 10.8. The maximum absolute atomic E-state index is 13.3.